The Bertz CT molecular complexity index is 626. The zero-order valence-electron chi connectivity index (χ0n) is 13.9. The van der Waals surface area contributed by atoms with Gasteiger partial charge in [-0.05, 0) is 57.1 Å². The molecular weight excluding hydrogens is 310 g/mol. The standard InChI is InChI=1S/C17H25N3O2S/c1-10-5-4-8-20(9-10)11(2)16(22)19-17-14(15(18)21)12-6-3-7-13(12)23-17/h10-11H,3-9H2,1-2H3,(H2,18,21)(H,19,22). The van der Waals surface area contributed by atoms with E-state index in [9.17, 15) is 9.59 Å². The Balaban J connectivity index is 1.74. The summed E-state index contributed by atoms with van der Waals surface area (Å²) >= 11 is 1.52. The monoisotopic (exact) mass is 335 g/mol. The molecule has 1 saturated heterocycles. The number of fused-ring (bicyclic) bond motifs is 1. The molecular formula is C17H25N3O2S. The van der Waals surface area contributed by atoms with E-state index in [0.717, 1.165) is 44.3 Å². The first-order valence-electron chi connectivity index (χ1n) is 8.46. The third-order valence-corrected chi connectivity index (χ3v) is 6.23. The maximum absolute atomic E-state index is 12.6. The second-order valence-electron chi connectivity index (χ2n) is 6.83. The van der Waals surface area contributed by atoms with Crippen LogP contribution in [-0.4, -0.2) is 35.8 Å². The van der Waals surface area contributed by atoms with Crippen molar-refractivity contribution in [3.63, 3.8) is 0 Å². The number of hydrogen-bond acceptors (Lipinski definition) is 4. The predicted octanol–water partition coefficient (Wildman–Crippen LogP) is 2.39. The number of primary amides is 1. The summed E-state index contributed by atoms with van der Waals surface area (Å²) in [4.78, 5) is 27.9. The number of likely N-dealkylation sites (tertiary alicyclic amines) is 1. The first-order chi connectivity index (χ1) is 11.0. The molecule has 2 amide bonds. The van der Waals surface area contributed by atoms with Gasteiger partial charge in [0.2, 0.25) is 5.91 Å². The number of rotatable bonds is 4. The smallest absolute Gasteiger partial charge is 0.251 e. The molecule has 0 saturated carbocycles. The van der Waals surface area contributed by atoms with Gasteiger partial charge in [-0.1, -0.05) is 6.92 Å². The molecule has 0 radical (unpaired) electrons. The summed E-state index contributed by atoms with van der Waals surface area (Å²) in [5.74, 6) is 0.159. The van der Waals surface area contributed by atoms with Crippen LogP contribution in [0, 0.1) is 5.92 Å². The number of piperidine rings is 1. The van der Waals surface area contributed by atoms with E-state index in [1.807, 2.05) is 6.92 Å². The average Bonchev–Trinajstić information content (AvgIpc) is 3.06. The van der Waals surface area contributed by atoms with Gasteiger partial charge in [0, 0.05) is 11.4 Å². The van der Waals surface area contributed by atoms with Crippen LogP contribution in [0.3, 0.4) is 0 Å². The lowest BCUT2D eigenvalue weighted by molar-refractivity contribution is -0.121. The molecule has 3 rings (SSSR count). The van der Waals surface area contributed by atoms with Crippen LogP contribution in [0.5, 0.6) is 0 Å². The van der Waals surface area contributed by atoms with Gasteiger partial charge in [0.05, 0.1) is 11.6 Å². The zero-order chi connectivity index (χ0) is 16.6. The number of aryl methyl sites for hydroxylation is 1. The first kappa shape index (κ1) is 16.5. The fraction of sp³-hybridized carbons (Fsp3) is 0.647. The number of thiophene rings is 1. The second kappa shape index (κ2) is 6.61. The zero-order valence-corrected chi connectivity index (χ0v) is 14.7. The van der Waals surface area contributed by atoms with Gasteiger partial charge < -0.3 is 11.1 Å². The Kier molecular flexibility index (Phi) is 4.73. The van der Waals surface area contributed by atoms with Crippen molar-refractivity contribution < 1.29 is 9.59 Å². The van der Waals surface area contributed by atoms with Crippen LogP contribution in [0.25, 0.3) is 0 Å². The Labute approximate surface area is 141 Å². The van der Waals surface area contributed by atoms with Crippen LogP contribution < -0.4 is 11.1 Å². The van der Waals surface area contributed by atoms with Crippen molar-refractivity contribution in [2.75, 3.05) is 18.4 Å². The van der Waals surface area contributed by atoms with Crippen LogP contribution in [0.2, 0.25) is 0 Å². The van der Waals surface area contributed by atoms with Gasteiger partial charge in [0.25, 0.3) is 5.91 Å². The highest BCUT2D eigenvalue weighted by atomic mass is 32.1. The molecule has 1 aromatic heterocycles. The summed E-state index contributed by atoms with van der Waals surface area (Å²) in [5.41, 5.74) is 7.14. The summed E-state index contributed by atoms with van der Waals surface area (Å²) < 4.78 is 0. The molecule has 0 aromatic carbocycles. The van der Waals surface area contributed by atoms with Crippen molar-refractivity contribution in [2.24, 2.45) is 11.7 Å². The SMILES string of the molecule is CC1CCCN(C(C)C(=O)Nc2sc3c(c2C(N)=O)CCC3)C1. The number of hydrogen-bond donors (Lipinski definition) is 2. The molecule has 3 N–H and O–H groups in total. The van der Waals surface area contributed by atoms with E-state index < -0.39 is 5.91 Å². The molecule has 126 valence electrons. The lowest BCUT2D eigenvalue weighted by Gasteiger charge is -2.34. The number of amides is 2. The molecule has 1 aromatic rings. The number of nitrogens with zero attached hydrogens (tertiary/aromatic N) is 1. The topological polar surface area (TPSA) is 75.4 Å². The molecule has 2 atom stereocenters. The maximum Gasteiger partial charge on any atom is 0.251 e. The Hall–Kier alpha value is -1.40. The fourth-order valence-electron chi connectivity index (χ4n) is 3.71. The minimum atomic E-state index is -0.432. The van der Waals surface area contributed by atoms with Crippen LogP contribution in [0.4, 0.5) is 5.00 Å². The fourth-order valence-corrected chi connectivity index (χ4v) is 5.01. The van der Waals surface area contributed by atoms with E-state index in [4.69, 9.17) is 5.73 Å². The largest absolute Gasteiger partial charge is 0.365 e. The van der Waals surface area contributed by atoms with Gasteiger partial charge in [-0.3, -0.25) is 14.5 Å². The predicted molar refractivity (Wildman–Crippen MR) is 92.9 cm³/mol. The van der Waals surface area contributed by atoms with Crippen LogP contribution >= 0.6 is 11.3 Å². The highest BCUT2D eigenvalue weighted by Gasteiger charge is 2.29. The summed E-state index contributed by atoms with van der Waals surface area (Å²) in [6, 6.07) is -0.185. The van der Waals surface area contributed by atoms with Crippen molar-refractivity contribution in [1.82, 2.24) is 4.90 Å². The third-order valence-electron chi connectivity index (χ3n) is 5.02. The van der Waals surface area contributed by atoms with Crippen LogP contribution in [0.15, 0.2) is 0 Å². The molecule has 1 aliphatic carbocycles. The molecule has 5 nitrogen and oxygen atoms in total. The molecule has 1 fully saturated rings. The van der Waals surface area contributed by atoms with E-state index >= 15 is 0 Å². The number of nitrogens with two attached hydrogens (primary N) is 1. The van der Waals surface area contributed by atoms with Gasteiger partial charge in [-0.2, -0.15) is 0 Å². The molecule has 1 aliphatic heterocycles. The van der Waals surface area contributed by atoms with E-state index in [1.165, 1.54) is 22.6 Å². The Morgan fingerprint density at radius 2 is 2.13 bits per heavy atom. The second-order valence-corrected chi connectivity index (χ2v) is 7.94. The quantitative estimate of drug-likeness (QED) is 0.887. The normalized spacial score (nSPS) is 22.6. The number of anilines is 1. The molecule has 2 unspecified atom stereocenters. The van der Waals surface area contributed by atoms with Crippen LogP contribution in [-0.2, 0) is 17.6 Å². The summed E-state index contributed by atoms with van der Waals surface area (Å²) in [7, 11) is 0. The van der Waals surface area contributed by atoms with Crippen LogP contribution in [0.1, 0.15) is 53.9 Å². The third kappa shape index (κ3) is 3.28. The molecule has 2 heterocycles. The summed E-state index contributed by atoms with van der Waals surface area (Å²) in [6.07, 6.45) is 5.30. The van der Waals surface area contributed by atoms with E-state index in [1.54, 1.807) is 0 Å². The lowest BCUT2D eigenvalue weighted by atomic mass is 9.99. The molecule has 23 heavy (non-hydrogen) atoms. The van der Waals surface area contributed by atoms with Gasteiger partial charge in [-0.15, -0.1) is 11.3 Å². The highest BCUT2D eigenvalue weighted by molar-refractivity contribution is 7.17. The minimum absolute atomic E-state index is 0.0403. The first-order valence-corrected chi connectivity index (χ1v) is 9.28. The molecule has 6 heteroatoms. The lowest BCUT2D eigenvalue weighted by Crippen LogP contribution is -2.46. The highest BCUT2D eigenvalue weighted by Crippen LogP contribution is 2.39. The average molecular weight is 335 g/mol. The summed E-state index contributed by atoms with van der Waals surface area (Å²) in [5, 5.41) is 3.61. The van der Waals surface area contributed by atoms with Gasteiger partial charge in [0.1, 0.15) is 5.00 Å². The Morgan fingerprint density at radius 1 is 1.35 bits per heavy atom. The van der Waals surface area contributed by atoms with Crippen molar-refractivity contribution in [3.05, 3.63) is 16.0 Å². The van der Waals surface area contributed by atoms with Gasteiger partial charge >= 0.3 is 0 Å². The minimum Gasteiger partial charge on any atom is -0.365 e. The number of nitrogens with one attached hydrogen (secondary N) is 1. The molecule has 0 bridgehead atoms. The molecule has 2 aliphatic rings. The Morgan fingerprint density at radius 3 is 2.83 bits per heavy atom. The van der Waals surface area contributed by atoms with E-state index in [2.05, 4.69) is 17.1 Å². The van der Waals surface area contributed by atoms with E-state index in [0.29, 0.717) is 16.5 Å². The van der Waals surface area contributed by atoms with Crippen molar-refractivity contribution in [3.8, 4) is 0 Å². The number of carbonyl (C=O) groups is 2. The van der Waals surface area contributed by atoms with Gasteiger partial charge in [-0.25, -0.2) is 0 Å². The van der Waals surface area contributed by atoms with Crippen molar-refractivity contribution in [1.29, 1.82) is 0 Å². The van der Waals surface area contributed by atoms with Crippen molar-refractivity contribution >= 4 is 28.2 Å². The maximum atomic E-state index is 12.6. The molecule has 0 spiro atoms. The number of carbonyl (C=O) groups excluding carboxylic acids is 2. The van der Waals surface area contributed by atoms with E-state index in [-0.39, 0.29) is 11.9 Å². The summed E-state index contributed by atoms with van der Waals surface area (Å²) in [6.45, 7) is 6.09. The van der Waals surface area contributed by atoms with Gasteiger partial charge in [0.15, 0.2) is 0 Å². The van der Waals surface area contributed by atoms with Crippen molar-refractivity contribution in [2.45, 2.75) is 52.0 Å².